The van der Waals surface area contributed by atoms with Crippen molar-refractivity contribution in [2.75, 3.05) is 6.61 Å². The first-order valence-electron chi connectivity index (χ1n) is 7.24. The minimum Gasteiger partial charge on any atom is -0.392 e. The molecule has 1 N–H and O–H groups in total. The maximum absolute atomic E-state index is 9.13. The van der Waals surface area contributed by atoms with Crippen LogP contribution in [0.5, 0.6) is 0 Å². The molecule has 2 aromatic carbocycles. The van der Waals surface area contributed by atoms with E-state index in [9.17, 15) is 0 Å². The van der Waals surface area contributed by atoms with Gasteiger partial charge >= 0.3 is 0 Å². The van der Waals surface area contributed by atoms with Crippen LogP contribution in [-0.2, 0) is 12.8 Å². The standard InChI is InChI=1S/C19H20O/c1-14-8-9-16-11-10-15-5-2-3-6-17(15)18(7-4-12-20)19(16)13-14/h2-9,13,18,20H,10-12H2,1H3/b7-4+. The Kier molecular flexibility index (Phi) is 3.70. The first-order chi connectivity index (χ1) is 9.79. The van der Waals surface area contributed by atoms with E-state index < -0.39 is 0 Å². The van der Waals surface area contributed by atoms with Crippen molar-refractivity contribution < 1.29 is 5.11 Å². The molecule has 0 bridgehead atoms. The third kappa shape index (κ3) is 2.41. The van der Waals surface area contributed by atoms with Gasteiger partial charge in [0, 0.05) is 5.92 Å². The molecule has 1 aliphatic rings. The molecule has 1 atom stereocenters. The van der Waals surface area contributed by atoms with Crippen molar-refractivity contribution in [2.45, 2.75) is 25.7 Å². The second kappa shape index (κ2) is 5.64. The summed E-state index contributed by atoms with van der Waals surface area (Å²) in [7, 11) is 0. The molecular weight excluding hydrogens is 244 g/mol. The summed E-state index contributed by atoms with van der Waals surface area (Å²) in [4.78, 5) is 0. The molecule has 3 rings (SSSR count). The number of benzene rings is 2. The Labute approximate surface area is 120 Å². The summed E-state index contributed by atoms with van der Waals surface area (Å²) in [6.07, 6.45) is 6.19. The van der Waals surface area contributed by atoms with Crippen molar-refractivity contribution in [1.82, 2.24) is 0 Å². The quantitative estimate of drug-likeness (QED) is 0.819. The van der Waals surface area contributed by atoms with E-state index in [1.54, 1.807) is 0 Å². The fourth-order valence-electron chi connectivity index (χ4n) is 3.14. The summed E-state index contributed by atoms with van der Waals surface area (Å²) in [5.41, 5.74) is 6.92. The number of hydrogen-bond donors (Lipinski definition) is 1. The van der Waals surface area contributed by atoms with Crippen molar-refractivity contribution in [3.63, 3.8) is 0 Å². The van der Waals surface area contributed by atoms with Crippen LogP contribution in [0.3, 0.4) is 0 Å². The normalized spacial score (nSPS) is 17.6. The average Bonchev–Trinajstić information content (AvgIpc) is 2.62. The van der Waals surface area contributed by atoms with Gasteiger partial charge < -0.3 is 5.11 Å². The van der Waals surface area contributed by atoms with Crippen molar-refractivity contribution in [3.05, 3.63) is 82.4 Å². The number of aryl methyl sites for hydroxylation is 3. The fraction of sp³-hybridized carbons (Fsp3) is 0.263. The predicted octanol–water partition coefficient (Wildman–Crippen LogP) is 3.77. The molecule has 102 valence electrons. The van der Waals surface area contributed by atoms with Crippen molar-refractivity contribution in [3.8, 4) is 0 Å². The van der Waals surface area contributed by atoms with Crippen molar-refractivity contribution in [2.24, 2.45) is 0 Å². The van der Waals surface area contributed by atoms with E-state index in [0.717, 1.165) is 12.8 Å². The summed E-state index contributed by atoms with van der Waals surface area (Å²) < 4.78 is 0. The number of aliphatic hydroxyl groups excluding tert-OH is 1. The van der Waals surface area contributed by atoms with Crippen LogP contribution >= 0.6 is 0 Å². The van der Waals surface area contributed by atoms with Gasteiger partial charge in [-0.25, -0.2) is 0 Å². The molecule has 0 fully saturated rings. The zero-order valence-electron chi connectivity index (χ0n) is 11.8. The molecule has 0 heterocycles. The number of aliphatic hydroxyl groups is 1. The SMILES string of the molecule is Cc1ccc2c(c1)C(/C=C/CO)c1ccccc1CC2. The Morgan fingerprint density at radius 1 is 1.05 bits per heavy atom. The highest BCUT2D eigenvalue weighted by Gasteiger charge is 2.21. The molecule has 20 heavy (non-hydrogen) atoms. The summed E-state index contributed by atoms with van der Waals surface area (Å²) in [5, 5.41) is 9.13. The zero-order valence-corrected chi connectivity index (χ0v) is 11.8. The zero-order chi connectivity index (χ0) is 13.9. The van der Waals surface area contributed by atoms with Crippen LogP contribution in [0.25, 0.3) is 0 Å². The predicted molar refractivity (Wildman–Crippen MR) is 83.1 cm³/mol. The first kappa shape index (κ1) is 13.1. The molecule has 0 spiro atoms. The van der Waals surface area contributed by atoms with E-state index in [-0.39, 0.29) is 12.5 Å². The highest BCUT2D eigenvalue weighted by atomic mass is 16.2. The lowest BCUT2D eigenvalue weighted by molar-refractivity contribution is 0.342. The van der Waals surface area contributed by atoms with Gasteiger partial charge in [0.1, 0.15) is 0 Å². The lowest BCUT2D eigenvalue weighted by Crippen LogP contribution is -2.01. The van der Waals surface area contributed by atoms with Crippen LogP contribution in [0.15, 0.2) is 54.6 Å². The van der Waals surface area contributed by atoms with Gasteiger partial charge in [0.05, 0.1) is 6.61 Å². The molecule has 0 saturated carbocycles. The summed E-state index contributed by atoms with van der Waals surface area (Å²) in [6.45, 7) is 2.24. The molecule has 1 unspecified atom stereocenters. The molecular formula is C19H20O. The van der Waals surface area contributed by atoms with Gasteiger partial charge in [0.15, 0.2) is 0 Å². The lowest BCUT2D eigenvalue weighted by atomic mass is 9.87. The van der Waals surface area contributed by atoms with Crippen LogP contribution in [0.4, 0.5) is 0 Å². The number of hydrogen-bond acceptors (Lipinski definition) is 1. The second-order valence-corrected chi connectivity index (χ2v) is 5.49. The van der Waals surface area contributed by atoms with Crippen LogP contribution in [0.2, 0.25) is 0 Å². The van der Waals surface area contributed by atoms with Crippen LogP contribution < -0.4 is 0 Å². The fourth-order valence-corrected chi connectivity index (χ4v) is 3.14. The van der Waals surface area contributed by atoms with Crippen molar-refractivity contribution >= 4 is 0 Å². The van der Waals surface area contributed by atoms with Gasteiger partial charge in [0.25, 0.3) is 0 Å². The maximum atomic E-state index is 9.13. The Morgan fingerprint density at radius 2 is 1.80 bits per heavy atom. The van der Waals surface area contributed by atoms with E-state index in [1.165, 1.54) is 27.8 Å². The van der Waals surface area contributed by atoms with E-state index in [0.29, 0.717) is 0 Å². The molecule has 1 nitrogen and oxygen atoms in total. The molecule has 0 saturated heterocycles. The Bertz CT molecular complexity index is 640. The molecule has 1 heteroatoms. The Morgan fingerprint density at radius 3 is 2.60 bits per heavy atom. The minimum absolute atomic E-state index is 0.0970. The molecule has 0 aromatic heterocycles. The minimum atomic E-state index is 0.0970. The average molecular weight is 264 g/mol. The first-order valence-corrected chi connectivity index (χ1v) is 7.24. The van der Waals surface area contributed by atoms with E-state index in [1.807, 2.05) is 6.08 Å². The third-order valence-corrected chi connectivity index (χ3v) is 4.12. The lowest BCUT2D eigenvalue weighted by Gasteiger charge is -2.17. The summed E-state index contributed by atoms with van der Waals surface area (Å²) in [6, 6.07) is 15.4. The summed E-state index contributed by atoms with van der Waals surface area (Å²) >= 11 is 0. The molecule has 1 aliphatic carbocycles. The van der Waals surface area contributed by atoms with Crippen LogP contribution in [-0.4, -0.2) is 11.7 Å². The van der Waals surface area contributed by atoms with Crippen LogP contribution in [0, 0.1) is 6.92 Å². The number of allylic oxidation sites excluding steroid dienone is 1. The van der Waals surface area contributed by atoms with E-state index >= 15 is 0 Å². The van der Waals surface area contributed by atoms with Crippen LogP contribution in [0.1, 0.15) is 33.7 Å². The van der Waals surface area contributed by atoms with Crippen molar-refractivity contribution in [1.29, 1.82) is 0 Å². The monoisotopic (exact) mass is 264 g/mol. The number of fused-ring (bicyclic) bond motifs is 2. The van der Waals surface area contributed by atoms with E-state index in [2.05, 4.69) is 55.5 Å². The Hall–Kier alpha value is -1.86. The molecule has 0 radical (unpaired) electrons. The third-order valence-electron chi connectivity index (χ3n) is 4.12. The molecule has 0 aliphatic heterocycles. The van der Waals surface area contributed by atoms with Gasteiger partial charge in [-0.2, -0.15) is 0 Å². The highest BCUT2D eigenvalue weighted by molar-refractivity contribution is 5.48. The van der Waals surface area contributed by atoms with Gasteiger partial charge in [0.2, 0.25) is 0 Å². The summed E-state index contributed by atoms with van der Waals surface area (Å²) in [5.74, 6) is 0.260. The number of rotatable bonds is 2. The van der Waals surface area contributed by atoms with Gasteiger partial charge in [-0.1, -0.05) is 60.2 Å². The maximum Gasteiger partial charge on any atom is 0.0612 e. The smallest absolute Gasteiger partial charge is 0.0612 e. The molecule has 0 amide bonds. The topological polar surface area (TPSA) is 20.2 Å². The largest absolute Gasteiger partial charge is 0.392 e. The highest BCUT2D eigenvalue weighted by Crippen LogP contribution is 2.35. The van der Waals surface area contributed by atoms with Gasteiger partial charge in [-0.3, -0.25) is 0 Å². The Balaban J connectivity index is 2.18. The molecule has 2 aromatic rings. The van der Waals surface area contributed by atoms with Gasteiger partial charge in [-0.05, 0) is 42.0 Å². The van der Waals surface area contributed by atoms with E-state index in [4.69, 9.17) is 5.11 Å². The van der Waals surface area contributed by atoms with Gasteiger partial charge in [-0.15, -0.1) is 0 Å². The second-order valence-electron chi connectivity index (χ2n) is 5.49.